The fraction of sp³-hybridized carbons (Fsp3) is 0.0476. The number of rotatable bonds is 6. The van der Waals surface area contributed by atoms with E-state index in [0.717, 1.165) is 29.4 Å². The van der Waals surface area contributed by atoms with Gasteiger partial charge in [0, 0.05) is 23.6 Å². The molecule has 4 nitrogen and oxygen atoms in total. The van der Waals surface area contributed by atoms with Crippen molar-refractivity contribution in [2.45, 2.75) is 6.61 Å². The van der Waals surface area contributed by atoms with Gasteiger partial charge in [-0.25, -0.2) is 5.43 Å². The van der Waals surface area contributed by atoms with Crippen LogP contribution in [0.5, 0.6) is 5.75 Å². The average Bonchev–Trinajstić information content (AvgIpc) is 2.68. The molecule has 0 aliphatic rings. The summed E-state index contributed by atoms with van der Waals surface area (Å²) in [6, 6.07) is 20.8. The highest BCUT2D eigenvalue weighted by Gasteiger charge is 2.04. The van der Waals surface area contributed by atoms with E-state index in [4.69, 9.17) is 4.74 Å². The number of amides is 1. The number of nitrogens with zero attached hydrogens (tertiary/aromatic N) is 1. The molecule has 0 fully saturated rings. The van der Waals surface area contributed by atoms with Crippen LogP contribution in [-0.2, 0) is 6.61 Å². The minimum atomic E-state index is -0.241. The van der Waals surface area contributed by atoms with Crippen molar-refractivity contribution in [3.8, 4) is 5.75 Å². The maximum absolute atomic E-state index is 12.1. The maximum atomic E-state index is 12.1. The van der Waals surface area contributed by atoms with E-state index in [1.54, 1.807) is 18.3 Å². The van der Waals surface area contributed by atoms with Crippen molar-refractivity contribution < 1.29 is 9.53 Å². The topological polar surface area (TPSA) is 50.7 Å². The van der Waals surface area contributed by atoms with Crippen LogP contribution in [0, 0.1) is 3.57 Å². The van der Waals surface area contributed by atoms with Gasteiger partial charge in [-0.15, -0.1) is 0 Å². The number of hydrazone groups is 1. The van der Waals surface area contributed by atoms with Crippen LogP contribution in [0.4, 0.5) is 0 Å². The van der Waals surface area contributed by atoms with Crippen molar-refractivity contribution in [1.82, 2.24) is 5.43 Å². The normalized spacial score (nSPS) is 10.8. The van der Waals surface area contributed by atoms with Gasteiger partial charge in [0.05, 0.1) is 6.21 Å². The first-order valence-corrected chi connectivity index (χ1v) is 10.9. The highest BCUT2D eigenvalue weighted by Crippen LogP contribution is 2.23. The summed E-state index contributed by atoms with van der Waals surface area (Å²) < 4.78 is 8.83. The molecule has 1 amide bonds. The lowest BCUT2D eigenvalue weighted by Crippen LogP contribution is -2.17. The van der Waals surface area contributed by atoms with E-state index in [9.17, 15) is 4.79 Å². The zero-order valence-corrected chi connectivity index (χ0v) is 19.9. The van der Waals surface area contributed by atoms with Gasteiger partial charge < -0.3 is 4.74 Å². The molecule has 0 saturated heterocycles. The third kappa shape index (κ3) is 6.15. The number of ether oxygens (including phenoxy) is 1. The van der Waals surface area contributed by atoms with E-state index in [0.29, 0.717) is 12.2 Å². The van der Waals surface area contributed by atoms with Gasteiger partial charge >= 0.3 is 0 Å². The first kappa shape index (κ1) is 21.0. The Balaban J connectivity index is 1.53. The van der Waals surface area contributed by atoms with Crippen LogP contribution in [0.15, 0.2) is 80.8 Å². The number of carbonyl (C=O) groups is 1. The quantitative estimate of drug-likeness (QED) is 0.206. The number of hydrogen-bond acceptors (Lipinski definition) is 3. The Bertz CT molecular complexity index is 1010. The van der Waals surface area contributed by atoms with Crippen LogP contribution in [0.1, 0.15) is 21.5 Å². The number of carbonyl (C=O) groups excluding carboxylic acids is 1. The monoisotopic (exact) mass is 612 g/mol. The molecule has 7 heteroatoms. The van der Waals surface area contributed by atoms with Gasteiger partial charge in [0.1, 0.15) is 12.4 Å². The van der Waals surface area contributed by atoms with Crippen LogP contribution in [0.25, 0.3) is 0 Å². The van der Waals surface area contributed by atoms with Crippen LogP contribution in [-0.4, -0.2) is 12.1 Å². The second-order valence-corrected chi connectivity index (χ2v) is 8.82. The van der Waals surface area contributed by atoms with E-state index in [1.165, 1.54) is 0 Å². The summed E-state index contributed by atoms with van der Waals surface area (Å²) in [4.78, 5) is 12.1. The summed E-state index contributed by atoms with van der Waals surface area (Å²) in [5.41, 5.74) is 5.03. The summed E-state index contributed by atoms with van der Waals surface area (Å²) >= 11 is 9.13. The first-order chi connectivity index (χ1) is 13.5. The van der Waals surface area contributed by atoms with Crippen LogP contribution >= 0.6 is 54.5 Å². The zero-order chi connectivity index (χ0) is 19.9. The maximum Gasteiger partial charge on any atom is 0.271 e. The predicted octanol–water partition coefficient (Wildman–Crippen LogP) is 6.16. The Morgan fingerprint density at radius 1 is 1.07 bits per heavy atom. The molecule has 28 heavy (non-hydrogen) atoms. The van der Waals surface area contributed by atoms with Crippen molar-refractivity contribution in [3.05, 3.63) is 95.9 Å². The zero-order valence-electron chi connectivity index (χ0n) is 14.5. The molecule has 0 aliphatic heterocycles. The van der Waals surface area contributed by atoms with E-state index in [1.807, 2.05) is 54.6 Å². The lowest BCUT2D eigenvalue weighted by Gasteiger charge is -2.08. The number of benzene rings is 3. The largest absolute Gasteiger partial charge is 0.489 e. The Labute approximate surface area is 193 Å². The third-order valence-electron chi connectivity index (χ3n) is 3.76. The molecule has 1 N–H and O–H groups in total. The molecule has 0 aliphatic carbocycles. The Hall–Kier alpha value is -1.71. The fourth-order valence-corrected chi connectivity index (χ4v) is 4.01. The van der Waals surface area contributed by atoms with Crippen molar-refractivity contribution in [1.29, 1.82) is 0 Å². The molecule has 0 heterocycles. The second-order valence-electron chi connectivity index (χ2n) is 5.80. The first-order valence-electron chi connectivity index (χ1n) is 8.27. The summed E-state index contributed by atoms with van der Waals surface area (Å²) in [5, 5.41) is 4.01. The SMILES string of the molecule is O=C(N/N=C\c1ccc(OCc2ccc(Br)cc2Br)cc1)c1cccc(I)c1. The number of nitrogens with one attached hydrogen (secondary N) is 1. The molecule has 0 atom stereocenters. The van der Waals surface area contributed by atoms with Gasteiger partial charge in [-0.05, 0) is 82.8 Å². The van der Waals surface area contributed by atoms with Crippen molar-refractivity contribution >= 4 is 66.6 Å². The fourth-order valence-electron chi connectivity index (χ4n) is 2.31. The number of halogens is 3. The minimum Gasteiger partial charge on any atom is -0.489 e. The van der Waals surface area contributed by atoms with Gasteiger partial charge in [-0.2, -0.15) is 5.10 Å². The Morgan fingerprint density at radius 3 is 2.57 bits per heavy atom. The molecular weight excluding hydrogens is 599 g/mol. The highest BCUT2D eigenvalue weighted by atomic mass is 127. The van der Waals surface area contributed by atoms with Gasteiger partial charge in [-0.3, -0.25) is 4.79 Å². The number of hydrogen-bond donors (Lipinski definition) is 1. The Morgan fingerprint density at radius 2 is 1.86 bits per heavy atom. The molecule has 0 unspecified atom stereocenters. The molecule has 3 rings (SSSR count). The Kier molecular flexibility index (Phi) is 7.64. The minimum absolute atomic E-state index is 0.241. The summed E-state index contributed by atoms with van der Waals surface area (Å²) in [7, 11) is 0. The van der Waals surface area contributed by atoms with E-state index < -0.39 is 0 Å². The summed E-state index contributed by atoms with van der Waals surface area (Å²) in [6.07, 6.45) is 1.60. The summed E-state index contributed by atoms with van der Waals surface area (Å²) in [6.45, 7) is 0.466. The van der Waals surface area contributed by atoms with Crippen LogP contribution in [0.3, 0.4) is 0 Å². The van der Waals surface area contributed by atoms with Crippen molar-refractivity contribution in [2.24, 2.45) is 5.10 Å². The van der Waals surface area contributed by atoms with Gasteiger partial charge in [0.15, 0.2) is 0 Å². The second kappa shape index (κ2) is 10.2. The summed E-state index contributed by atoms with van der Waals surface area (Å²) in [5.74, 6) is 0.518. The molecule has 0 bridgehead atoms. The van der Waals surface area contributed by atoms with Crippen molar-refractivity contribution in [3.63, 3.8) is 0 Å². The van der Waals surface area contributed by atoms with E-state index >= 15 is 0 Å². The third-order valence-corrected chi connectivity index (χ3v) is 5.66. The van der Waals surface area contributed by atoms with Crippen LogP contribution < -0.4 is 10.2 Å². The molecule has 0 aromatic heterocycles. The molecule has 142 valence electrons. The molecule has 0 spiro atoms. The van der Waals surface area contributed by atoms with Crippen LogP contribution in [0.2, 0.25) is 0 Å². The lowest BCUT2D eigenvalue weighted by molar-refractivity contribution is 0.0955. The van der Waals surface area contributed by atoms with Gasteiger partial charge in [0.2, 0.25) is 0 Å². The predicted molar refractivity (Wildman–Crippen MR) is 127 cm³/mol. The lowest BCUT2D eigenvalue weighted by atomic mass is 10.2. The molecule has 0 radical (unpaired) electrons. The molecule has 3 aromatic carbocycles. The van der Waals surface area contributed by atoms with Gasteiger partial charge in [-0.1, -0.05) is 44.0 Å². The van der Waals surface area contributed by atoms with Crippen molar-refractivity contribution in [2.75, 3.05) is 0 Å². The molecule has 3 aromatic rings. The standard InChI is InChI=1S/C21H15Br2IN2O2/c22-17-7-6-16(20(23)11-17)13-28-19-8-4-14(5-9-19)12-25-26-21(27)15-2-1-3-18(24)10-15/h1-12H,13H2,(H,26,27)/b25-12-. The molecular formula is C21H15Br2IN2O2. The molecule has 0 saturated carbocycles. The van der Waals surface area contributed by atoms with Gasteiger partial charge in [0.25, 0.3) is 5.91 Å². The van der Waals surface area contributed by atoms with E-state index in [-0.39, 0.29) is 5.91 Å². The average molecular weight is 614 g/mol. The van der Waals surface area contributed by atoms with E-state index in [2.05, 4.69) is 65.0 Å². The smallest absolute Gasteiger partial charge is 0.271 e. The highest BCUT2D eigenvalue weighted by molar-refractivity contribution is 14.1.